The van der Waals surface area contributed by atoms with Crippen molar-refractivity contribution in [1.82, 2.24) is 20.3 Å². The first-order valence-electron chi connectivity index (χ1n) is 6.12. The summed E-state index contributed by atoms with van der Waals surface area (Å²) in [6.45, 7) is 3.93. The third kappa shape index (κ3) is 3.05. The maximum Gasteiger partial charge on any atom is 0.153 e. The summed E-state index contributed by atoms with van der Waals surface area (Å²) in [6, 6.07) is 0.248. The van der Waals surface area contributed by atoms with E-state index in [-0.39, 0.29) is 6.04 Å². The Kier molecular flexibility index (Phi) is 4.53. The smallest absolute Gasteiger partial charge is 0.153 e. The van der Waals surface area contributed by atoms with E-state index in [1.54, 1.807) is 0 Å². The minimum Gasteiger partial charge on any atom is -0.378 e. The average molecular weight is 303 g/mol. The minimum atomic E-state index is 0.248. The number of hydrogen-bond donors (Lipinski definition) is 1. The molecule has 1 fully saturated rings. The molecule has 1 aliphatic heterocycles. The van der Waals surface area contributed by atoms with E-state index in [1.807, 2.05) is 11.7 Å². The molecular weight excluding hydrogens is 284 g/mol. The first-order valence-corrected chi connectivity index (χ1v) is 6.91. The molecule has 2 rings (SSSR count). The molecule has 1 saturated heterocycles. The van der Waals surface area contributed by atoms with Crippen LogP contribution < -0.4 is 5.32 Å². The van der Waals surface area contributed by atoms with Gasteiger partial charge in [-0.25, -0.2) is 4.68 Å². The molecule has 0 spiro atoms. The van der Waals surface area contributed by atoms with Crippen molar-refractivity contribution in [1.29, 1.82) is 0 Å². The van der Waals surface area contributed by atoms with Crippen molar-refractivity contribution in [2.45, 2.75) is 38.3 Å². The van der Waals surface area contributed by atoms with E-state index in [0.29, 0.717) is 6.10 Å². The van der Waals surface area contributed by atoms with Gasteiger partial charge in [0.2, 0.25) is 0 Å². The van der Waals surface area contributed by atoms with Crippen molar-refractivity contribution in [2.24, 2.45) is 7.05 Å². The maximum absolute atomic E-state index is 5.70. The van der Waals surface area contributed by atoms with Crippen molar-refractivity contribution in [2.75, 3.05) is 13.2 Å². The number of halogens is 1. The summed E-state index contributed by atoms with van der Waals surface area (Å²) in [4.78, 5) is 0. The average Bonchev–Trinajstić information content (AvgIpc) is 2.89. The summed E-state index contributed by atoms with van der Waals surface area (Å²) >= 11 is 3.46. The number of aromatic nitrogens is 3. The number of rotatable bonds is 5. The highest BCUT2D eigenvalue weighted by atomic mass is 79.9. The summed E-state index contributed by atoms with van der Waals surface area (Å²) in [7, 11) is 1.92. The number of ether oxygens (including phenoxy) is 1. The lowest BCUT2D eigenvalue weighted by atomic mass is 10.0. The van der Waals surface area contributed by atoms with Gasteiger partial charge in [0, 0.05) is 13.7 Å². The molecule has 1 aromatic rings. The fraction of sp³-hybridized carbons (Fsp3) is 0.818. The molecule has 96 valence electrons. The van der Waals surface area contributed by atoms with Crippen LogP contribution in [0, 0.1) is 0 Å². The molecule has 2 unspecified atom stereocenters. The Balaban J connectivity index is 2.10. The zero-order valence-corrected chi connectivity index (χ0v) is 11.9. The SMILES string of the molecule is CCNC(CC1CCCO1)c1c(Br)nnn1C. The lowest BCUT2D eigenvalue weighted by molar-refractivity contribution is 0.0938. The second-order valence-corrected chi connectivity index (χ2v) is 5.12. The predicted molar refractivity (Wildman–Crippen MR) is 68.7 cm³/mol. The van der Waals surface area contributed by atoms with E-state index in [9.17, 15) is 0 Å². The van der Waals surface area contributed by atoms with Crippen LogP contribution in [0.25, 0.3) is 0 Å². The van der Waals surface area contributed by atoms with E-state index in [1.165, 1.54) is 6.42 Å². The molecular formula is C11H19BrN4O. The van der Waals surface area contributed by atoms with Gasteiger partial charge in [0.25, 0.3) is 0 Å². The molecule has 17 heavy (non-hydrogen) atoms. The van der Waals surface area contributed by atoms with Crippen molar-refractivity contribution in [3.8, 4) is 0 Å². The number of nitrogens with one attached hydrogen (secondary N) is 1. The summed E-state index contributed by atoms with van der Waals surface area (Å²) in [5, 5.41) is 11.6. The Hall–Kier alpha value is -0.460. The first kappa shape index (κ1) is 13.0. The number of nitrogens with zero attached hydrogens (tertiary/aromatic N) is 3. The molecule has 0 radical (unpaired) electrons. The summed E-state index contributed by atoms with van der Waals surface area (Å²) < 4.78 is 8.35. The molecule has 1 N–H and O–H groups in total. The molecule has 0 aliphatic carbocycles. The fourth-order valence-electron chi connectivity index (χ4n) is 2.34. The monoisotopic (exact) mass is 302 g/mol. The van der Waals surface area contributed by atoms with Gasteiger partial charge in [-0.2, -0.15) is 0 Å². The van der Waals surface area contributed by atoms with Gasteiger partial charge in [-0.15, -0.1) is 5.10 Å². The van der Waals surface area contributed by atoms with Gasteiger partial charge >= 0.3 is 0 Å². The lowest BCUT2D eigenvalue weighted by Crippen LogP contribution is -2.27. The summed E-state index contributed by atoms with van der Waals surface area (Å²) in [5.74, 6) is 0. The quantitative estimate of drug-likeness (QED) is 0.901. The van der Waals surface area contributed by atoms with E-state index >= 15 is 0 Å². The van der Waals surface area contributed by atoms with Crippen LogP contribution >= 0.6 is 15.9 Å². The van der Waals surface area contributed by atoms with Crippen LogP contribution in [0.2, 0.25) is 0 Å². The maximum atomic E-state index is 5.70. The van der Waals surface area contributed by atoms with E-state index < -0.39 is 0 Å². The molecule has 2 atom stereocenters. The van der Waals surface area contributed by atoms with Crippen LogP contribution in [0.4, 0.5) is 0 Å². The Bertz CT molecular complexity index is 343. The molecule has 6 heteroatoms. The normalized spacial score (nSPS) is 21.9. The zero-order chi connectivity index (χ0) is 12.3. The topological polar surface area (TPSA) is 52.0 Å². The molecule has 0 bridgehead atoms. The Morgan fingerprint density at radius 3 is 3.00 bits per heavy atom. The highest BCUT2D eigenvalue weighted by Gasteiger charge is 2.25. The van der Waals surface area contributed by atoms with Crippen molar-refractivity contribution in [3.63, 3.8) is 0 Å². The van der Waals surface area contributed by atoms with Gasteiger partial charge in [-0.3, -0.25) is 0 Å². The molecule has 5 nitrogen and oxygen atoms in total. The van der Waals surface area contributed by atoms with Crippen molar-refractivity contribution >= 4 is 15.9 Å². The highest BCUT2D eigenvalue weighted by Crippen LogP contribution is 2.28. The molecule has 2 heterocycles. The van der Waals surface area contributed by atoms with Gasteiger partial charge in [0.15, 0.2) is 4.60 Å². The Morgan fingerprint density at radius 2 is 2.47 bits per heavy atom. The van der Waals surface area contributed by atoms with Gasteiger partial charge in [0.1, 0.15) is 0 Å². The minimum absolute atomic E-state index is 0.248. The van der Waals surface area contributed by atoms with Crippen LogP contribution in [0.1, 0.15) is 37.9 Å². The first-order chi connectivity index (χ1) is 8.22. The van der Waals surface area contributed by atoms with Crippen LogP contribution in [-0.4, -0.2) is 34.2 Å². The number of aryl methyl sites for hydroxylation is 1. The third-order valence-electron chi connectivity index (χ3n) is 3.13. The molecule has 0 amide bonds. The second-order valence-electron chi connectivity index (χ2n) is 4.37. The standard InChI is InChI=1S/C11H19BrN4O/c1-3-13-9(7-8-5-4-6-17-8)10-11(12)14-15-16(10)2/h8-9,13H,3-7H2,1-2H3. The van der Waals surface area contributed by atoms with Gasteiger partial charge < -0.3 is 10.1 Å². The van der Waals surface area contributed by atoms with Crippen molar-refractivity contribution in [3.05, 3.63) is 10.3 Å². The Morgan fingerprint density at radius 1 is 1.65 bits per heavy atom. The fourth-order valence-corrected chi connectivity index (χ4v) is 2.94. The van der Waals surface area contributed by atoms with E-state index in [4.69, 9.17) is 4.74 Å². The van der Waals surface area contributed by atoms with Gasteiger partial charge in [-0.1, -0.05) is 12.1 Å². The van der Waals surface area contributed by atoms with Crippen LogP contribution in [0.5, 0.6) is 0 Å². The van der Waals surface area contributed by atoms with Gasteiger partial charge in [0.05, 0.1) is 17.8 Å². The molecule has 0 saturated carbocycles. The number of hydrogen-bond acceptors (Lipinski definition) is 4. The zero-order valence-electron chi connectivity index (χ0n) is 10.3. The van der Waals surface area contributed by atoms with Crippen LogP contribution in [0.15, 0.2) is 4.60 Å². The second kappa shape index (κ2) is 5.93. The summed E-state index contributed by atoms with van der Waals surface area (Å²) in [6.07, 6.45) is 3.67. The predicted octanol–water partition coefficient (Wildman–Crippen LogP) is 1.80. The highest BCUT2D eigenvalue weighted by molar-refractivity contribution is 9.10. The van der Waals surface area contributed by atoms with E-state index in [0.717, 1.165) is 36.3 Å². The van der Waals surface area contributed by atoms with Crippen molar-refractivity contribution < 1.29 is 4.74 Å². The third-order valence-corrected chi connectivity index (χ3v) is 3.69. The van der Waals surface area contributed by atoms with Crippen LogP contribution in [-0.2, 0) is 11.8 Å². The van der Waals surface area contributed by atoms with E-state index in [2.05, 4.69) is 38.5 Å². The summed E-state index contributed by atoms with van der Waals surface area (Å²) in [5.41, 5.74) is 1.10. The van der Waals surface area contributed by atoms with Gasteiger partial charge in [-0.05, 0) is 41.7 Å². The van der Waals surface area contributed by atoms with Crippen LogP contribution in [0.3, 0.4) is 0 Å². The lowest BCUT2D eigenvalue weighted by Gasteiger charge is -2.21. The molecule has 1 aromatic heterocycles. The molecule has 0 aromatic carbocycles. The largest absolute Gasteiger partial charge is 0.378 e. The molecule has 1 aliphatic rings. The Labute approximate surface area is 110 Å².